The van der Waals surface area contributed by atoms with Gasteiger partial charge in [-0.15, -0.1) is 11.8 Å². The van der Waals surface area contributed by atoms with Gasteiger partial charge in [0.25, 0.3) is 0 Å². The van der Waals surface area contributed by atoms with E-state index in [0.717, 1.165) is 36.9 Å². The van der Waals surface area contributed by atoms with Gasteiger partial charge in [0.15, 0.2) is 5.82 Å². The van der Waals surface area contributed by atoms with Gasteiger partial charge in [0.05, 0.1) is 0 Å². The summed E-state index contributed by atoms with van der Waals surface area (Å²) in [4.78, 5) is 14.7. The summed E-state index contributed by atoms with van der Waals surface area (Å²) in [6.07, 6.45) is 3.75. The lowest BCUT2D eigenvalue weighted by molar-refractivity contribution is 0.309. The molecule has 0 aromatic carbocycles. The number of rotatable bonds is 6. The lowest BCUT2D eigenvalue weighted by Crippen LogP contribution is -2.45. The molecule has 21 heavy (non-hydrogen) atoms. The smallest absolute Gasteiger partial charge is 0.234 e. The second-order valence-electron chi connectivity index (χ2n) is 4.85. The van der Waals surface area contributed by atoms with Crippen molar-refractivity contribution in [1.82, 2.24) is 14.9 Å². The molecule has 0 atom stereocenters. The molecule has 6 nitrogen and oxygen atoms in total. The minimum Gasteiger partial charge on any atom is -0.472 e. The molecule has 0 spiro atoms. The van der Waals surface area contributed by atoms with E-state index in [2.05, 4.69) is 38.7 Å². The molecule has 1 aromatic rings. The standard InChI is InChI=1S/C14H23N5OS/c1-5-10-20-13-11(21-4)12(16-14(15-2)17-13)19-8-6-18(3)7-9-19/h5H,1,6-10H2,2-4H3,(H,15,16,17). The molecule has 0 amide bonds. The molecule has 0 saturated carbocycles. The van der Waals surface area contributed by atoms with Gasteiger partial charge in [-0.1, -0.05) is 12.7 Å². The maximum atomic E-state index is 5.71. The Kier molecular flexibility index (Phi) is 5.69. The average Bonchev–Trinajstić information content (AvgIpc) is 2.52. The van der Waals surface area contributed by atoms with Crippen molar-refractivity contribution in [2.24, 2.45) is 0 Å². The van der Waals surface area contributed by atoms with E-state index >= 15 is 0 Å². The van der Waals surface area contributed by atoms with Gasteiger partial charge in [-0.25, -0.2) is 0 Å². The Bertz CT molecular complexity index is 488. The first kappa shape index (κ1) is 15.9. The Morgan fingerprint density at radius 2 is 2.05 bits per heavy atom. The topological polar surface area (TPSA) is 53.5 Å². The average molecular weight is 309 g/mol. The predicted octanol–water partition coefficient (Wildman–Crippen LogP) is 1.56. The van der Waals surface area contributed by atoms with Crippen LogP contribution in [0.4, 0.5) is 11.8 Å². The molecule has 1 saturated heterocycles. The second-order valence-corrected chi connectivity index (χ2v) is 5.67. The molecule has 116 valence electrons. The summed E-state index contributed by atoms with van der Waals surface area (Å²) in [5, 5.41) is 3.01. The molecule has 1 aliphatic rings. The highest BCUT2D eigenvalue weighted by Crippen LogP contribution is 2.35. The number of nitrogens with zero attached hydrogens (tertiary/aromatic N) is 4. The molecule has 0 aliphatic carbocycles. The quantitative estimate of drug-likeness (QED) is 0.632. The lowest BCUT2D eigenvalue weighted by Gasteiger charge is -2.34. The number of nitrogens with one attached hydrogen (secondary N) is 1. The first-order valence-electron chi connectivity index (χ1n) is 7.00. The molecule has 1 N–H and O–H groups in total. The van der Waals surface area contributed by atoms with Crippen molar-refractivity contribution in [3.05, 3.63) is 12.7 Å². The van der Waals surface area contributed by atoms with Crippen LogP contribution >= 0.6 is 11.8 Å². The number of thioether (sulfide) groups is 1. The molecule has 1 aliphatic heterocycles. The molecule has 0 radical (unpaired) electrons. The van der Waals surface area contributed by atoms with Crippen molar-refractivity contribution in [1.29, 1.82) is 0 Å². The largest absolute Gasteiger partial charge is 0.472 e. The first-order valence-corrected chi connectivity index (χ1v) is 8.23. The Labute approximate surface area is 130 Å². The van der Waals surface area contributed by atoms with E-state index in [1.54, 1.807) is 17.8 Å². The van der Waals surface area contributed by atoms with Crippen LogP contribution < -0.4 is 15.0 Å². The minimum absolute atomic E-state index is 0.440. The monoisotopic (exact) mass is 309 g/mol. The third-order valence-corrected chi connectivity index (χ3v) is 4.15. The highest BCUT2D eigenvalue weighted by atomic mass is 32.2. The van der Waals surface area contributed by atoms with Gasteiger partial charge in [-0.05, 0) is 13.3 Å². The summed E-state index contributed by atoms with van der Waals surface area (Å²) in [5.41, 5.74) is 0. The van der Waals surface area contributed by atoms with Crippen LogP contribution in [0.15, 0.2) is 17.6 Å². The van der Waals surface area contributed by atoms with E-state index in [0.29, 0.717) is 18.4 Å². The summed E-state index contributed by atoms with van der Waals surface area (Å²) in [6.45, 7) is 8.13. The van der Waals surface area contributed by atoms with Gasteiger partial charge in [0, 0.05) is 33.2 Å². The summed E-state index contributed by atoms with van der Waals surface area (Å²) in [6, 6.07) is 0. The van der Waals surface area contributed by atoms with Gasteiger partial charge < -0.3 is 19.9 Å². The SMILES string of the molecule is C=CCOc1nc(NC)nc(N2CCN(C)CC2)c1SC. The van der Waals surface area contributed by atoms with Crippen molar-refractivity contribution >= 4 is 23.5 Å². The summed E-state index contributed by atoms with van der Waals surface area (Å²) in [7, 11) is 3.96. The van der Waals surface area contributed by atoms with Crippen LogP contribution in [-0.4, -0.2) is 68.0 Å². The number of piperazine rings is 1. The Morgan fingerprint density at radius 1 is 1.33 bits per heavy atom. The van der Waals surface area contributed by atoms with Crippen LogP contribution in [0.3, 0.4) is 0 Å². The van der Waals surface area contributed by atoms with Crippen molar-refractivity contribution in [3.63, 3.8) is 0 Å². The van der Waals surface area contributed by atoms with Crippen LogP contribution in [0.5, 0.6) is 5.88 Å². The number of aromatic nitrogens is 2. The fourth-order valence-electron chi connectivity index (χ4n) is 2.18. The zero-order valence-electron chi connectivity index (χ0n) is 12.9. The van der Waals surface area contributed by atoms with Crippen LogP contribution in [-0.2, 0) is 0 Å². The number of anilines is 2. The number of hydrogen-bond donors (Lipinski definition) is 1. The van der Waals surface area contributed by atoms with E-state index in [1.165, 1.54) is 0 Å². The Hall–Kier alpha value is -1.47. The predicted molar refractivity (Wildman–Crippen MR) is 88.8 cm³/mol. The summed E-state index contributed by atoms with van der Waals surface area (Å²) in [5.74, 6) is 2.16. The molecule has 0 unspecified atom stereocenters. The molecular weight excluding hydrogens is 286 g/mol. The normalized spacial score (nSPS) is 15.9. The molecule has 2 rings (SSSR count). The summed E-state index contributed by atoms with van der Waals surface area (Å²) < 4.78 is 5.71. The molecule has 2 heterocycles. The minimum atomic E-state index is 0.440. The lowest BCUT2D eigenvalue weighted by atomic mass is 10.3. The van der Waals surface area contributed by atoms with E-state index in [4.69, 9.17) is 4.74 Å². The Morgan fingerprint density at radius 3 is 2.62 bits per heavy atom. The maximum absolute atomic E-state index is 5.71. The van der Waals surface area contributed by atoms with E-state index in [9.17, 15) is 0 Å². The first-order chi connectivity index (χ1) is 10.2. The van der Waals surface area contributed by atoms with E-state index in [-0.39, 0.29) is 0 Å². The fourth-order valence-corrected chi connectivity index (χ4v) is 2.81. The van der Waals surface area contributed by atoms with Gasteiger partial charge in [0.1, 0.15) is 11.5 Å². The molecular formula is C14H23N5OS. The zero-order chi connectivity index (χ0) is 15.2. The van der Waals surface area contributed by atoms with Gasteiger partial charge in [-0.2, -0.15) is 9.97 Å². The van der Waals surface area contributed by atoms with Gasteiger partial charge in [-0.3, -0.25) is 0 Å². The fraction of sp³-hybridized carbons (Fsp3) is 0.571. The van der Waals surface area contributed by atoms with Gasteiger partial charge in [0.2, 0.25) is 11.8 Å². The molecule has 0 bridgehead atoms. The highest BCUT2D eigenvalue weighted by Gasteiger charge is 2.22. The van der Waals surface area contributed by atoms with Crippen LogP contribution in [0.25, 0.3) is 0 Å². The van der Waals surface area contributed by atoms with E-state index in [1.807, 2.05) is 13.3 Å². The van der Waals surface area contributed by atoms with Crippen molar-refractivity contribution in [2.75, 3.05) is 63.4 Å². The van der Waals surface area contributed by atoms with Gasteiger partial charge >= 0.3 is 0 Å². The van der Waals surface area contributed by atoms with E-state index < -0.39 is 0 Å². The number of hydrogen-bond acceptors (Lipinski definition) is 7. The van der Waals surface area contributed by atoms with Crippen LogP contribution in [0, 0.1) is 0 Å². The third-order valence-electron chi connectivity index (χ3n) is 3.39. The van der Waals surface area contributed by atoms with Crippen molar-refractivity contribution in [3.8, 4) is 5.88 Å². The maximum Gasteiger partial charge on any atom is 0.234 e. The second kappa shape index (κ2) is 7.51. The van der Waals surface area contributed by atoms with Crippen LogP contribution in [0.1, 0.15) is 0 Å². The van der Waals surface area contributed by atoms with Crippen LogP contribution in [0.2, 0.25) is 0 Å². The number of likely N-dealkylation sites (N-methyl/N-ethyl adjacent to an activating group) is 1. The molecule has 7 heteroatoms. The highest BCUT2D eigenvalue weighted by molar-refractivity contribution is 7.98. The summed E-state index contributed by atoms with van der Waals surface area (Å²) >= 11 is 1.62. The Balaban J connectivity index is 2.34. The van der Waals surface area contributed by atoms with Crippen molar-refractivity contribution < 1.29 is 4.74 Å². The van der Waals surface area contributed by atoms with Crippen molar-refractivity contribution in [2.45, 2.75) is 4.90 Å². The number of ether oxygens (including phenoxy) is 1. The third kappa shape index (κ3) is 3.79. The zero-order valence-corrected chi connectivity index (χ0v) is 13.7. The molecule has 1 fully saturated rings. The molecule has 1 aromatic heterocycles.